The van der Waals surface area contributed by atoms with Crippen molar-refractivity contribution in [3.05, 3.63) is 71.1 Å². The van der Waals surface area contributed by atoms with Gasteiger partial charge in [-0.25, -0.2) is 14.4 Å². The lowest BCUT2D eigenvalue weighted by Gasteiger charge is -2.14. The summed E-state index contributed by atoms with van der Waals surface area (Å²) < 4.78 is 15.6. The maximum Gasteiger partial charge on any atom is 0.225 e. The van der Waals surface area contributed by atoms with Crippen LogP contribution in [0.5, 0.6) is 0 Å². The molecule has 0 spiro atoms. The van der Waals surface area contributed by atoms with Gasteiger partial charge in [0.2, 0.25) is 5.95 Å². The number of hydrogen-bond donors (Lipinski definition) is 2. The number of halogens is 2. The highest BCUT2D eigenvalue weighted by atomic mass is 35.5. The second-order valence-electron chi connectivity index (χ2n) is 7.77. The van der Waals surface area contributed by atoms with Crippen LogP contribution < -0.4 is 10.6 Å². The summed E-state index contributed by atoms with van der Waals surface area (Å²) in [4.78, 5) is 14.0. The molecule has 0 bridgehead atoms. The first-order valence-corrected chi connectivity index (χ1v) is 10.7. The van der Waals surface area contributed by atoms with Gasteiger partial charge in [-0.15, -0.1) is 0 Å². The average molecular weight is 437 g/mol. The summed E-state index contributed by atoms with van der Waals surface area (Å²) in [6.45, 7) is 3.22. The number of aromatic nitrogens is 4. The molecule has 1 saturated heterocycles. The Morgan fingerprint density at radius 3 is 2.87 bits per heavy atom. The summed E-state index contributed by atoms with van der Waals surface area (Å²) in [5.41, 5.74) is 3.18. The van der Waals surface area contributed by atoms with Gasteiger partial charge in [0.25, 0.3) is 0 Å². The monoisotopic (exact) mass is 436 g/mol. The number of hydrogen-bond acceptors (Lipinski definition) is 5. The van der Waals surface area contributed by atoms with Crippen molar-refractivity contribution in [2.75, 3.05) is 18.4 Å². The third-order valence-corrected chi connectivity index (χ3v) is 5.87. The molecular formula is C23H22ClFN6. The lowest BCUT2D eigenvalue weighted by molar-refractivity contribution is 0.490. The van der Waals surface area contributed by atoms with E-state index in [-0.39, 0.29) is 5.82 Å². The predicted octanol–water partition coefficient (Wildman–Crippen LogP) is 4.51. The minimum atomic E-state index is -0.261. The zero-order chi connectivity index (χ0) is 21.2. The van der Waals surface area contributed by atoms with Gasteiger partial charge in [0.1, 0.15) is 17.2 Å². The summed E-state index contributed by atoms with van der Waals surface area (Å²) in [5, 5.41) is 7.27. The third kappa shape index (κ3) is 4.24. The average Bonchev–Trinajstić information content (AvgIpc) is 3.41. The highest BCUT2D eigenvalue weighted by Crippen LogP contribution is 2.31. The van der Waals surface area contributed by atoms with Gasteiger partial charge in [-0.05, 0) is 55.3 Å². The fourth-order valence-corrected chi connectivity index (χ4v) is 4.20. The van der Waals surface area contributed by atoms with Gasteiger partial charge in [0.05, 0.1) is 11.2 Å². The van der Waals surface area contributed by atoms with E-state index in [0.717, 1.165) is 54.2 Å². The molecule has 5 rings (SSSR count). The fourth-order valence-electron chi connectivity index (χ4n) is 3.98. The molecular weight excluding hydrogens is 415 g/mol. The van der Waals surface area contributed by atoms with Crippen LogP contribution in [-0.2, 0) is 13.1 Å². The van der Waals surface area contributed by atoms with Crippen molar-refractivity contribution in [3.63, 3.8) is 0 Å². The maximum absolute atomic E-state index is 13.5. The summed E-state index contributed by atoms with van der Waals surface area (Å²) in [7, 11) is 0. The largest absolute Gasteiger partial charge is 0.350 e. The molecule has 0 radical (unpaired) electrons. The first-order chi connectivity index (χ1) is 15.2. The Morgan fingerprint density at radius 2 is 2.06 bits per heavy atom. The van der Waals surface area contributed by atoms with E-state index in [2.05, 4.69) is 20.2 Å². The lowest BCUT2D eigenvalue weighted by atomic mass is 10.1. The van der Waals surface area contributed by atoms with Gasteiger partial charge in [-0.3, -0.25) is 0 Å². The van der Waals surface area contributed by atoms with Gasteiger partial charge in [0.15, 0.2) is 5.65 Å². The molecule has 8 heteroatoms. The molecule has 2 aromatic carbocycles. The first kappa shape index (κ1) is 19.9. The van der Waals surface area contributed by atoms with Crippen molar-refractivity contribution in [1.29, 1.82) is 0 Å². The van der Waals surface area contributed by atoms with Gasteiger partial charge in [-0.1, -0.05) is 35.9 Å². The van der Waals surface area contributed by atoms with Crippen LogP contribution in [0, 0.1) is 11.7 Å². The second-order valence-corrected chi connectivity index (χ2v) is 8.18. The highest BCUT2D eigenvalue weighted by molar-refractivity contribution is 6.33. The number of imidazole rings is 1. The number of benzene rings is 2. The smallest absolute Gasteiger partial charge is 0.225 e. The van der Waals surface area contributed by atoms with Crippen molar-refractivity contribution in [1.82, 2.24) is 24.8 Å². The normalized spacial score (nSPS) is 16.1. The SMILES string of the molecule is Fc1cccc(CNc2ncc3nc(-c4ccccc4Cl)n(CC4CCNC4)c3n2)c1. The van der Waals surface area contributed by atoms with Gasteiger partial charge in [-0.2, -0.15) is 4.98 Å². The molecule has 0 saturated carbocycles. The number of rotatable bonds is 6. The molecule has 1 aliphatic heterocycles. The van der Waals surface area contributed by atoms with Gasteiger partial charge >= 0.3 is 0 Å². The van der Waals surface area contributed by atoms with Crippen LogP contribution in [-0.4, -0.2) is 32.6 Å². The summed E-state index contributed by atoms with van der Waals surface area (Å²) in [6.07, 6.45) is 2.83. The van der Waals surface area contributed by atoms with Crippen molar-refractivity contribution >= 4 is 28.7 Å². The van der Waals surface area contributed by atoms with Gasteiger partial charge in [0, 0.05) is 18.7 Å². The zero-order valence-corrected chi connectivity index (χ0v) is 17.6. The minimum Gasteiger partial charge on any atom is -0.350 e. The number of nitrogens with zero attached hydrogens (tertiary/aromatic N) is 4. The number of nitrogens with one attached hydrogen (secondary N) is 2. The Balaban J connectivity index is 1.52. The quantitative estimate of drug-likeness (QED) is 0.465. The van der Waals surface area contributed by atoms with Crippen LogP contribution in [0.4, 0.5) is 10.3 Å². The Labute approximate surface area is 184 Å². The predicted molar refractivity (Wildman–Crippen MR) is 120 cm³/mol. The van der Waals surface area contributed by atoms with Crippen molar-refractivity contribution in [2.24, 2.45) is 5.92 Å². The highest BCUT2D eigenvalue weighted by Gasteiger charge is 2.22. The first-order valence-electron chi connectivity index (χ1n) is 10.3. The summed E-state index contributed by atoms with van der Waals surface area (Å²) in [6, 6.07) is 14.2. The maximum atomic E-state index is 13.5. The van der Waals surface area contributed by atoms with E-state index in [4.69, 9.17) is 21.6 Å². The third-order valence-electron chi connectivity index (χ3n) is 5.55. The van der Waals surface area contributed by atoms with E-state index in [1.807, 2.05) is 30.3 Å². The molecule has 1 unspecified atom stereocenters. The molecule has 1 fully saturated rings. The van der Waals surface area contributed by atoms with Crippen LogP contribution in [0.15, 0.2) is 54.7 Å². The molecule has 1 aliphatic rings. The zero-order valence-electron chi connectivity index (χ0n) is 16.9. The molecule has 3 heterocycles. The molecule has 158 valence electrons. The van der Waals surface area contributed by atoms with E-state index >= 15 is 0 Å². The van der Waals surface area contributed by atoms with Gasteiger partial charge < -0.3 is 15.2 Å². The Bertz CT molecular complexity index is 1220. The van der Waals surface area contributed by atoms with Crippen LogP contribution in [0.3, 0.4) is 0 Å². The van der Waals surface area contributed by atoms with Crippen LogP contribution in [0.2, 0.25) is 5.02 Å². The summed E-state index contributed by atoms with van der Waals surface area (Å²) in [5.74, 6) is 1.51. The van der Waals surface area contributed by atoms with E-state index < -0.39 is 0 Å². The van der Waals surface area contributed by atoms with E-state index in [0.29, 0.717) is 23.4 Å². The Hall–Kier alpha value is -3.03. The van der Waals surface area contributed by atoms with Crippen LogP contribution in [0.1, 0.15) is 12.0 Å². The Morgan fingerprint density at radius 1 is 1.16 bits per heavy atom. The molecule has 6 nitrogen and oxygen atoms in total. The van der Waals surface area contributed by atoms with Crippen molar-refractivity contribution < 1.29 is 4.39 Å². The minimum absolute atomic E-state index is 0.261. The van der Waals surface area contributed by atoms with E-state index in [9.17, 15) is 4.39 Å². The molecule has 2 N–H and O–H groups in total. The van der Waals surface area contributed by atoms with Crippen molar-refractivity contribution in [3.8, 4) is 11.4 Å². The molecule has 2 aromatic heterocycles. The number of anilines is 1. The molecule has 31 heavy (non-hydrogen) atoms. The molecule has 0 aliphatic carbocycles. The molecule has 0 amide bonds. The standard InChI is InChI=1S/C23H22ClFN6/c24-19-7-2-1-6-18(19)21-29-20-13-28-23(27-12-15-4-3-5-17(25)10-15)30-22(20)31(21)14-16-8-9-26-11-16/h1-7,10,13,16,26H,8-9,11-12,14H2,(H,27,28,30). The van der Waals surface area contributed by atoms with Crippen molar-refractivity contribution in [2.45, 2.75) is 19.5 Å². The van der Waals surface area contributed by atoms with Crippen LogP contribution in [0.25, 0.3) is 22.6 Å². The van der Waals surface area contributed by atoms with Crippen LogP contribution >= 0.6 is 11.6 Å². The molecule has 1 atom stereocenters. The fraction of sp³-hybridized carbons (Fsp3) is 0.261. The second kappa shape index (κ2) is 8.61. The Kier molecular flexibility index (Phi) is 5.53. The lowest BCUT2D eigenvalue weighted by Crippen LogP contribution is -2.16. The topological polar surface area (TPSA) is 67.7 Å². The summed E-state index contributed by atoms with van der Waals surface area (Å²) >= 11 is 6.49. The number of fused-ring (bicyclic) bond motifs is 1. The van der Waals surface area contributed by atoms with E-state index in [1.165, 1.54) is 12.1 Å². The molecule has 4 aromatic rings. The van der Waals surface area contributed by atoms with E-state index in [1.54, 1.807) is 12.3 Å².